The molecule has 0 fully saturated rings. The van der Waals surface area contributed by atoms with Gasteiger partial charge in [-0.15, -0.1) is 0 Å². The predicted octanol–water partition coefficient (Wildman–Crippen LogP) is 2.94. The van der Waals surface area contributed by atoms with E-state index >= 15 is 0 Å². The lowest BCUT2D eigenvalue weighted by Crippen LogP contribution is -1.99. The summed E-state index contributed by atoms with van der Waals surface area (Å²) in [7, 11) is 0. The van der Waals surface area contributed by atoms with E-state index in [4.69, 9.17) is 28.7 Å². The summed E-state index contributed by atoms with van der Waals surface area (Å²) in [6.07, 6.45) is 0.520. The van der Waals surface area contributed by atoms with Crippen molar-refractivity contribution in [3.05, 3.63) is 32.1 Å². The Morgan fingerprint density at radius 3 is 2.71 bits per heavy atom. The molecule has 0 aromatic carbocycles. The molecule has 7 heteroatoms. The maximum Gasteiger partial charge on any atom is 0.224 e. The second-order valence-electron chi connectivity index (χ2n) is 2.55. The van der Waals surface area contributed by atoms with Crippen LogP contribution >= 0.6 is 23.2 Å². The van der Waals surface area contributed by atoms with Gasteiger partial charge in [0.05, 0.1) is 0 Å². The smallest absolute Gasteiger partial charge is 0.223 e. The third kappa shape index (κ3) is 2.73. The number of nitrogens with zero attached hydrogens (tertiary/aromatic N) is 5. The van der Waals surface area contributed by atoms with Gasteiger partial charge in [0, 0.05) is 22.7 Å². The molecule has 0 N–H and O–H groups in total. The quantitative estimate of drug-likeness (QED) is 0.264. The summed E-state index contributed by atoms with van der Waals surface area (Å²) < 4.78 is 0. The van der Waals surface area contributed by atoms with Gasteiger partial charge in [0.15, 0.2) is 0 Å². The first-order chi connectivity index (χ1) is 6.65. The molecule has 0 unspecified atom stereocenters. The summed E-state index contributed by atoms with van der Waals surface area (Å²) in [5.41, 5.74) is 9.58. The molecule has 0 amide bonds. The first-order valence-electron chi connectivity index (χ1n) is 3.84. The van der Waals surface area contributed by atoms with Gasteiger partial charge in [-0.1, -0.05) is 16.7 Å². The zero-order valence-corrected chi connectivity index (χ0v) is 8.92. The standard InChI is InChI=1S/C7H7Cl2N5/c1-4-5(2-3-11-14-10)6(8)13-7(9)12-4/h2-3H2,1H3. The average molecular weight is 232 g/mol. The Bertz CT molecular complexity index is 363. The van der Waals surface area contributed by atoms with Crippen molar-refractivity contribution in [2.24, 2.45) is 5.11 Å². The van der Waals surface area contributed by atoms with E-state index in [-0.39, 0.29) is 5.28 Å². The minimum absolute atomic E-state index is 0.125. The van der Waals surface area contributed by atoms with Gasteiger partial charge in [-0.2, -0.15) is 0 Å². The van der Waals surface area contributed by atoms with Crippen molar-refractivity contribution in [1.29, 1.82) is 0 Å². The molecule has 74 valence electrons. The Labute approximate surface area is 90.7 Å². The van der Waals surface area contributed by atoms with E-state index in [1.54, 1.807) is 6.92 Å². The topological polar surface area (TPSA) is 74.5 Å². The van der Waals surface area contributed by atoms with Crippen LogP contribution in [-0.4, -0.2) is 16.5 Å². The van der Waals surface area contributed by atoms with Gasteiger partial charge in [0.1, 0.15) is 5.15 Å². The molecule has 0 saturated carbocycles. The number of hydrogen-bond donors (Lipinski definition) is 0. The van der Waals surface area contributed by atoms with Crippen LogP contribution in [0.4, 0.5) is 0 Å². The summed E-state index contributed by atoms with van der Waals surface area (Å²) in [6.45, 7) is 2.12. The van der Waals surface area contributed by atoms with Gasteiger partial charge in [0.25, 0.3) is 0 Å². The van der Waals surface area contributed by atoms with Crippen LogP contribution in [0.25, 0.3) is 10.4 Å². The second kappa shape index (κ2) is 5.00. The molecule has 1 heterocycles. The van der Waals surface area contributed by atoms with Crippen LogP contribution in [0, 0.1) is 6.92 Å². The zero-order chi connectivity index (χ0) is 10.6. The van der Waals surface area contributed by atoms with Crippen LogP contribution in [-0.2, 0) is 6.42 Å². The van der Waals surface area contributed by atoms with Gasteiger partial charge in [-0.05, 0) is 30.5 Å². The molecule has 14 heavy (non-hydrogen) atoms. The van der Waals surface area contributed by atoms with Crippen molar-refractivity contribution in [3.63, 3.8) is 0 Å². The average Bonchev–Trinajstić information content (AvgIpc) is 2.09. The Morgan fingerprint density at radius 2 is 2.14 bits per heavy atom. The van der Waals surface area contributed by atoms with Crippen LogP contribution in [0.15, 0.2) is 5.11 Å². The molecule has 1 aromatic heterocycles. The van der Waals surface area contributed by atoms with Crippen LogP contribution in [0.1, 0.15) is 11.3 Å². The van der Waals surface area contributed by atoms with E-state index in [1.807, 2.05) is 0 Å². The zero-order valence-electron chi connectivity index (χ0n) is 7.41. The van der Waals surface area contributed by atoms with E-state index in [9.17, 15) is 0 Å². The fraction of sp³-hybridized carbons (Fsp3) is 0.429. The summed E-state index contributed by atoms with van der Waals surface area (Å²) in [5.74, 6) is 0. The number of rotatable bonds is 3. The first kappa shape index (κ1) is 11.0. The van der Waals surface area contributed by atoms with Crippen molar-refractivity contribution in [2.75, 3.05) is 6.54 Å². The van der Waals surface area contributed by atoms with Crippen molar-refractivity contribution in [2.45, 2.75) is 13.3 Å². The molecule has 0 bridgehead atoms. The van der Waals surface area contributed by atoms with Crippen LogP contribution in [0.2, 0.25) is 10.4 Å². The molecule has 0 spiro atoms. The Kier molecular flexibility index (Phi) is 3.95. The molecule has 0 aliphatic carbocycles. The highest BCUT2D eigenvalue weighted by atomic mass is 35.5. The fourth-order valence-corrected chi connectivity index (χ4v) is 1.59. The van der Waals surface area contributed by atoms with Gasteiger partial charge < -0.3 is 0 Å². The summed E-state index contributed by atoms with van der Waals surface area (Å²) >= 11 is 11.4. The number of hydrogen-bond acceptors (Lipinski definition) is 3. The monoisotopic (exact) mass is 231 g/mol. The van der Waals surface area contributed by atoms with E-state index in [1.165, 1.54) is 0 Å². The normalized spacial score (nSPS) is 9.64. The van der Waals surface area contributed by atoms with Crippen molar-refractivity contribution in [3.8, 4) is 0 Å². The Hall–Kier alpha value is -1.03. The highest BCUT2D eigenvalue weighted by Crippen LogP contribution is 2.18. The number of azide groups is 1. The molecule has 0 radical (unpaired) electrons. The molecular weight excluding hydrogens is 225 g/mol. The first-order valence-corrected chi connectivity index (χ1v) is 4.60. The highest BCUT2D eigenvalue weighted by molar-refractivity contribution is 6.32. The lowest BCUT2D eigenvalue weighted by atomic mass is 10.2. The third-order valence-electron chi connectivity index (χ3n) is 1.66. The van der Waals surface area contributed by atoms with Crippen LogP contribution in [0.3, 0.4) is 0 Å². The highest BCUT2D eigenvalue weighted by Gasteiger charge is 2.07. The minimum atomic E-state index is 0.125. The van der Waals surface area contributed by atoms with Gasteiger partial charge in [-0.3, -0.25) is 0 Å². The van der Waals surface area contributed by atoms with Crippen molar-refractivity contribution >= 4 is 23.2 Å². The van der Waals surface area contributed by atoms with Gasteiger partial charge >= 0.3 is 0 Å². The summed E-state index contributed by atoms with van der Waals surface area (Å²) in [6, 6.07) is 0. The maximum atomic E-state index is 8.10. The van der Waals surface area contributed by atoms with Crippen LogP contribution in [0.5, 0.6) is 0 Å². The third-order valence-corrected chi connectivity index (χ3v) is 2.14. The lowest BCUT2D eigenvalue weighted by Gasteiger charge is -2.04. The fourth-order valence-electron chi connectivity index (χ4n) is 1.02. The molecule has 5 nitrogen and oxygen atoms in total. The number of aromatic nitrogens is 2. The SMILES string of the molecule is Cc1nc(Cl)nc(Cl)c1CCN=[N+]=[N-]. The van der Waals surface area contributed by atoms with E-state index in [0.29, 0.717) is 23.8 Å². The molecule has 1 rings (SSSR count). The van der Waals surface area contributed by atoms with E-state index < -0.39 is 0 Å². The molecule has 0 saturated heterocycles. The Balaban J connectivity index is 2.90. The molecule has 0 aliphatic heterocycles. The summed E-state index contributed by atoms with van der Waals surface area (Å²) in [4.78, 5) is 10.4. The van der Waals surface area contributed by atoms with E-state index in [2.05, 4.69) is 20.0 Å². The van der Waals surface area contributed by atoms with E-state index in [0.717, 1.165) is 5.56 Å². The second-order valence-corrected chi connectivity index (χ2v) is 3.25. The molecular formula is C7H7Cl2N5. The molecule has 1 aromatic rings. The van der Waals surface area contributed by atoms with Crippen molar-refractivity contribution < 1.29 is 0 Å². The maximum absolute atomic E-state index is 8.10. The van der Waals surface area contributed by atoms with Gasteiger partial charge in [-0.25, -0.2) is 9.97 Å². The van der Waals surface area contributed by atoms with Crippen LogP contribution < -0.4 is 0 Å². The molecule has 0 atom stereocenters. The number of halogens is 2. The predicted molar refractivity (Wildman–Crippen MR) is 54.5 cm³/mol. The summed E-state index contributed by atoms with van der Waals surface area (Å²) in [5, 5.41) is 3.85. The van der Waals surface area contributed by atoms with Crippen molar-refractivity contribution in [1.82, 2.24) is 9.97 Å². The van der Waals surface area contributed by atoms with Gasteiger partial charge in [0.2, 0.25) is 5.28 Å². The minimum Gasteiger partial charge on any atom is -0.223 e. The lowest BCUT2D eigenvalue weighted by molar-refractivity contribution is 0.911. The number of aryl methyl sites for hydroxylation is 1. The molecule has 0 aliphatic rings. The largest absolute Gasteiger partial charge is 0.224 e. The Morgan fingerprint density at radius 1 is 1.43 bits per heavy atom.